The van der Waals surface area contributed by atoms with E-state index in [1.165, 1.54) is 77.0 Å². The van der Waals surface area contributed by atoms with Crippen LogP contribution in [0.2, 0.25) is 0 Å². The molecule has 0 saturated heterocycles. The molecular formula is C25H51NO11P2. The smallest absolute Gasteiger partial charge is 0.371 e. The Morgan fingerprint density at radius 3 is 1.56 bits per heavy atom. The van der Waals surface area contributed by atoms with Crippen molar-refractivity contribution in [1.82, 2.24) is 5.32 Å². The number of hydrogen-bond acceptors (Lipinski definition) is 7. The molecule has 0 unspecified atom stereocenters. The molecule has 0 radical (unpaired) electrons. The van der Waals surface area contributed by atoms with Crippen LogP contribution in [0, 0.1) is 0 Å². The summed E-state index contributed by atoms with van der Waals surface area (Å²) < 4.78 is 33.0. The van der Waals surface area contributed by atoms with Crippen molar-refractivity contribution in [3.05, 3.63) is 0 Å². The van der Waals surface area contributed by atoms with Crippen molar-refractivity contribution in [1.29, 1.82) is 0 Å². The van der Waals surface area contributed by atoms with Gasteiger partial charge in [-0.25, -0.2) is 0 Å². The van der Waals surface area contributed by atoms with Crippen LogP contribution in [0.15, 0.2) is 0 Å². The Labute approximate surface area is 232 Å². The molecule has 6 N–H and O–H groups in total. The quantitative estimate of drug-likeness (QED) is 0.0467. The largest absolute Gasteiger partial charge is 0.466 e. The average molecular weight is 604 g/mol. The molecule has 0 aliphatic carbocycles. The molecule has 0 aromatic carbocycles. The first-order valence-electron chi connectivity index (χ1n) is 14.2. The molecule has 14 heteroatoms. The number of ether oxygens (including phenoxy) is 2. The van der Waals surface area contributed by atoms with E-state index in [-0.39, 0.29) is 13.0 Å². The van der Waals surface area contributed by atoms with Gasteiger partial charge in [0.2, 0.25) is 5.91 Å². The fourth-order valence-corrected chi connectivity index (χ4v) is 5.74. The second kappa shape index (κ2) is 21.8. The van der Waals surface area contributed by atoms with Gasteiger partial charge >= 0.3 is 21.2 Å². The minimum atomic E-state index is -5.67. The van der Waals surface area contributed by atoms with Gasteiger partial charge in [0.05, 0.1) is 19.6 Å². The minimum Gasteiger partial charge on any atom is -0.466 e. The third kappa shape index (κ3) is 19.0. The van der Waals surface area contributed by atoms with Crippen molar-refractivity contribution in [3.63, 3.8) is 0 Å². The highest BCUT2D eigenvalue weighted by molar-refractivity contribution is 7.72. The number of carbonyl (C=O) groups is 2. The van der Waals surface area contributed by atoms with Gasteiger partial charge in [-0.15, -0.1) is 0 Å². The lowest BCUT2D eigenvalue weighted by Gasteiger charge is -2.29. The maximum atomic E-state index is 11.7. The van der Waals surface area contributed by atoms with E-state index < -0.39 is 45.1 Å². The van der Waals surface area contributed by atoms with Crippen LogP contribution in [0.25, 0.3) is 0 Å². The van der Waals surface area contributed by atoms with Gasteiger partial charge in [-0.3, -0.25) is 18.7 Å². The lowest BCUT2D eigenvalue weighted by molar-refractivity contribution is -0.145. The van der Waals surface area contributed by atoms with Gasteiger partial charge in [-0.1, -0.05) is 90.4 Å². The van der Waals surface area contributed by atoms with Crippen LogP contribution in [0.3, 0.4) is 0 Å². The molecule has 0 aromatic heterocycles. The Kier molecular flexibility index (Phi) is 21.4. The predicted octanol–water partition coefficient (Wildman–Crippen LogP) is 4.32. The normalized spacial score (nSPS) is 12.5. The van der Waals surface area contributed by atoms with Crippen LogP contribution in [0.4, 0.5) is 0 Å². The fraction of sp³-hybridized carbons (Fsp3) is 0.920. The summed E-state index contributed by atoms with van der Waals surface area (Å²) in [7, 11) is -11.3. The van der Waals surface area contributed by atoms with Gasteiger partial charge in [0.25, 0.3) is 5.08 Å². The van der Waals surface area contributed by atoms with Crippen LogP contribution in [-0.4, -0.2) is 68.0 Å². The number of carbonyl (C=O) groups excluding carboxylic acids is 2. The zero-order chi connectivity index (χ0) is 29.6. The van der Waals surface area contributed by atoms with E-state index in [0.717, 1.165) is 12.8 Å². The number of amides is 1. The molecule has 0 aromatic rings. The van der Waals surface area contributed by atoms with Crippen molar-refractivity contribution in [3.8, 4) is 0 Å². The summed E-state index contributed by atoms with van der Waals surface area (Å²) in [5, 5.41) is 7.76. The van der Waals surface area contributed by atoms with E-state index in [9.17, 15) is 23.8 Å². The van der Waals surface area contributed by atoms with Crippen LogP contribution in [0.1, 0.15) is 116 Å². The summed E-state index contributed by atoms with van der Waals surface area (Å²) in [6.45, 7) is 2.06. The van der Waals surface area contributed by atoms with Crippen LogP contribution < -0.4 is 5.32 Å². The lowest BCUT2D eigenvalue weighted by atomic mass is 10.0. The van der Waals surface area contributed by atoms with Gasteiger partial charge in [-0.05, 0) is 6.42 Å². The van der Waals surface area contributed by atoms with Crippen molar-refractivity contribution in [2.75, 3.05) is 26.4 Å². The highest BCUT2D eigenvalue weighted by Crippen LogP contribution is 2.67. The topological polar surface area (TPSA) is 200 Å². The van der Waals surface area contributed by atoms with E-state index in [0.29, 0.717) is 19.6 Å². The Balaban J connectivity index is 3.61. The molecule has 232 valence electrons. The fourth-order valence-electron chi connectivity index (χ4n) is 3.82. The summed E-state index contributed by atoms with van der Waals surface area (Å²) in [4.78, 5) is 59.5. The van der Waals surface area contributed by atoms with Crippen LogP contribution in [-0.2, 0) is 28.2 Å². The molecular weight excluding hydrogens is 552 g/mol. The van der Waals surface area contributed by atoms with Gasteiger partial charge < -0.3 is 39.5 Å². The number of nitrogens with one attached hydrogen (secondary N) is 1. The molecule has 0 bridgehead atoms. The Hall–Kier alpha value is -0.840. The average Bonchev–Trinajstić information content (AvgIpc) is 2.86. The molecule has 0 saturated carbocycles. The summed E-state index contributed by atoms with van der Waals surface area (Å²) in [5.74, 6) is -1.62. The second-order valence-corrected chi connectivity index (χ2v) is 13.9. The van der Waals surface area contributed by atoms with E-state index in [1.54, 1.807) is 0 Å². The third-order valence-corrected chi connectivity index (χ3v) is 10.1. The number of esters is 1. The third-order valence-electron chi connectivity index (χ3n) is 6.35. The summed E-state index contributed by atoms with van der Waals surface area (Å²) in [5.41, 5.74) is 0. The first-order valence-corrected chi connectivity index (χ1v) is 17.4. The van der Waals surface area contributed by atoms with Gasteiger partial charge in [0.1, 0.15) is 0 Å². The number of unbranched alkanes of at least 4 members (excludes halogenated alkanes) is 13. The standard InChI is InChI=1S/C25H51NO11P2/c1-2-3-4-5-6-7-8-9-10-11-12-13-14-15-19-36-20-16-21-37-24(28)18-17-23(27)26-22-25(29,38(30,31)32)39(33,34)35/h29H,2-22H2,1H3,(H,26,27)(H2,30,31,32)(H2,33,34,35). The monoisotopic (exact) mass is 603 g/mol. The van der Waals surface area contributed by atoms with Crippen molar-refractivity contribution < 1.29 is 52.9 Å². The minimum absolute atomic E-state index is 0.107. The SMILES string of the molecule is CCCCCCCCCCCCCCCCOCCCOC(=O)CCC(=O)NCC(O)(P(=O)(O)O)P(=O)(O)O. The molecule has 0 aliphatic heterocycles. The van der Waals surface area contributed by atoms with Gasteiger partial charge in [0.15, 0.2) is 0 Å². The number of rotatable bonds is 26. The number of hydrogen-bond donors (Lipinski definition) is 6. The lowest BCUT2D eigenvalue weighted by Crippen LogP contribution is -2.42. The highest BCUT2D eigenvalue weighted by atomic mass is 31.2. The molecule has 1 amide bonds. The number of aliphatic hydroxyl groups is 1. The Morgan fingerprint density at radius 1 is 0.667 bits per heavy atom. The Morgan fingerprint density at radius 2 is 1.10 bits per heavy atom. The highest BCUT2D eigenvalue weighted by Gasteiger charge is 2.59. The van der Waals surface area contributed by atoms with Gasteiger partial charge in [0, 0.05) is 26.1 Å². The first-order chi connectivity index (χ1) is 18.3. The molecule has 0 rings (SSSR count). The first kappa shape index (κ1) is 38.2. The van der Waals surface area contributed by atoms with E-state index >= 15 is 0 Å². The molecule has 0 aliphatic rings. The molecule has 0 spiro atoms. The summed E-state index contributed by atoms with van der Waals surface area (Å²) in [6, 6.07) is 0. The second-order valence-electron chi connectivity index (χ2n) is 9.92. The zero-order valence-electron chi connectivity index (χ0n) is 23.4. The molecule has 0 fully saturated rings. The predicted molar refractivity (Wildman–Crippen MR) is 148 cm³/mol. The molecule has 12 nitrogen and oxygen atoms in total. The van der Waals surface area contributed by atoms with Crippen molar-refractivity contribution in [2.24, 2.45) is 0 Å². The van der Waals surface area contributed by atoms with Gasteiger partial charge in [-0.2, -0.15) is 0 Å². The zero-order valence-corrected chi connectivity index (χ0v) is 25.2. The maximum absolute atomic E-state index is 11.7. The molecule has 0 heterocycles. The maximum Gasteiger partial charge on any atom is 0.371 e. The Bertz CT molecular complexity index is 732. The van der Waals surface area contributed by atoms with Crippen molar-refractivity contribution in [2.45, 2.75) is 121 Å². The summed E-state index contributed by atoms with van der Waals surface area (Å²) in [6.07, 6.45) is 17.8. The molecule has 0 atom stereocenters. The van der Waals surface area contributed by atoms with E-state index in [4.69, 9.17) is 29.0 Å². The summed E-state index contributed by atoms with van der Waals surface area (Å²) >= 11 is 0. The van der Waals surface area contributed by atoms with E-state index in [2.05, 4.69) is 6.92 Å². The van der Waals surface area contributed by atoms with E-state index in [1.807, 2.05) is 5.32 Å². The van der Waals surface area contributed by atoms with Crippen LogP contribution in [0.5, 0.6) is 0 Å². The molecule has 39 heavy (non-hydrogen) atoms. The van der Waals surface area contributed by atoms with Crippen LogP contribution >= 0.6 is 15.2 Å². The van der Waals surface area contributed by atoms with Crippen molar-refractivity contribution >= 4 is 27.1 Å².